The summed E-state index contributed by atoms with van der Waals surface area (Å²) in [6, 6.07) is 0. The molecule has 0 heterocycles. The molecule has 0 aromatic carbocycles. The highest BCUT2D eigenvalue weighted by Crippen LogP contribution is 2.38. The first kappa shape index (κ1) is 13.0. The number of hydrogen-bond donors (Lipinski definition) is 2. The van der Waals surface area contributed by atoms with E-state index in [1.165, 1.54) is 0 Å². The van der Waals surface area contributed by atoms with Gasteiger partial charge in [0.25, 0.3) is 0 Å². The summed E-state index contributed by atoms with van der Waals surface area (Å²) in [5.74, 6) is -1.80. The lowest BCUT2D eigenvalue weighted by atomic mass is 10.0. The minimum atomic E-state index is -0.869. The predicted molar refractivity (Wildman–Crippen MR) is 60.0 cm³/mol. The fourth-order valence-corrected chi connectivity index (χ4v) is 1.35. The molecular formula is C11H20N2O3. The maximum absolute atomic E-state index is 11.6. The van der Waals surface area contributed by atoms with Crippen LogP contribution in [0.25, 0.3) is 0 Å². The maximum atomic E-state index is 11.6. The first-order chi connectivity index (χ1) is 7.25. The number of carbonyl (C=O) groups excluding carboxylic acids is 1. The van der Waals surface area contributed by atoms with Crippen LogP contribution in [-0.4, -0.2) is 48.1 Å². The van der Waals surface area contributed by atoms with E-state index in [0.717, 1.165) is 0 Å². The molecular weight excluding hydrogens is 208 g/mol. The molecule has 16 heavy (non-hydrogen) atoms. The Labute approximate surface area is 95.8 Å². The van der Waals surface area contributed by atoms with E-state index in [1.807, 2.05) is 32.8 Å². The fourth-order valence-electron chi connectivity index (χ4n) is 1.35. The Morgan fingerprint density at radius 3 is 2.31 bits per heavy atom. The van der Waals surface area contributed by atoms with Crippen LogP contribution in [0.4, 0.5) is 0 Å². The van der Waals surface area contributed by atoms with Gasteiger partial charge in [0.15, 0.2) is 0 Å². The zero-order valence-corrected chi connectivity index (χ0v) is 10.3. The SMILES string of the molecule is CN(C)C(C)(C)CNC(=O)C1CC1C(=O)O. The topological polar surface area (TPSA) is 69.6 Å². The smallest absolute Gasteiger partial charge is 0.307 e. The highest BCUT2D eigenvalue weighted by molar-refractivity contribution is 5.89. The Hall–Kier alpha value is -1.10. The number of likely N-dealkylation sites (N-methyl/N-ethyl adjacent to an activating group) is 1. The molecule has 1 saturated carbocycles. The lowest BCUT2D eigenvalue weighted by Crippen LogP contribution is -2.48. The van der Waals surface area contributed by atoms with Crippen molar-refractivity contribution < 1.29 is 14.7 Å². The van der Waals surface area contributed by atoms with Gasteiger partial charge in [-0.2, -0.15) is 0 Å². The molecule has 1 aliphatic rings. The van der Waals surface area contributed by atoms with Crippen LogP contribution in [0.3, 0.4) is 0 Å². The van der Waals surface area contributed by atoms with E-state index < -0.39 is 11.9 Å². The molecule has 1 aliphatic carbocycles. The van der Waals surface area contributed by atoms with E-state index in [9.17, 15) is 9.59 Å². The third kappa shape index (κ3) is 2.95. The van der Waals surface area contributed by atoms with Crippen LogP contribution in [0, 0.1) is 11.8 Å². The molecule has 0 aliphatic heterocycles. The maximum Gasteiger partial charge on any atom is 0.307 e. The van der Waals surface area contributed by atoms with Gasteiger partial charge in [0.05, 0.1) is 11.8 Å². The lowest BCUT2D eigenvalue weighted by Gasteiger charge is -2.32. The van der Waals surface area contributed by atoms with E-state index in [-0.39, 0.29) is 17.4 Å². The van der Waals surface area contributed by atoms with Gasteiger partial charge in [-0.1, -0.05) is 0 Å². The number of nitrogens with one attached hydrogen (secondary N) is 1. The number of carbonyl (C=O) groups is 2. The quantitative estimate of drug-likeness (QED) is 0.703. The normalized spacial score (nSPS) is 24.3. The minimum absolute atomic E-state index is 0.122. The standard InChI is InChI=1S/C11H20N2O3/c1-11(2,13(3)4)6-12-9(14)7-5-8(7)10(15)16/h7-8H,5-6H2,1-4H3,(H,12,14)(H,15,16). The van der Waals surface area contributed by atoms with Crippen molar-refractivity contribution in [3.05, 3.63) is 0 Å². The predicted octanol–water partition coefficient (Wildman–Crippen LogP) is 0.164. The Bertz CT molecular complexity index is 300. The largest absolute Gasteiger partial charge is 0.481 e. The first-order valence-electron chi connectivity index (χ1n) is 5.43. The molecule has 0 aromatic heterocycles. The Kier molecular flexibility index (Phi) is 3.57. The molecule has 2 unspecified atom stereocenters. The van der Waals surface area contributed by atoms with E-state index in [0.29, 0.717) is 13.0 Å². The summed E-state index contributed by atoms with van der Waals surface area (Å²) < 4.78 is 0. The Balaban J connectivity index is 2.35. The highest BCUT2D eigenvalue weighted by Gasteiger charge is 2.48. The van der Waals surface area contributed by atoms with Crippen molar-refractivity contribution in [3.63, 3.8) is 0 Å². The summed E-state index contributed by atoms with van der Waals surface area (Å²) in [7, 11) is 3.90. The van der Waals surface area contributed by atoms with Crippen molar-refractivity contribution >= 4 is 11.9 Å². The Morgan fingerprint density at radius 1 is 1.38 bits per heavy atom. The average Bonchev–Trinajstić information content (AvgIpc) is 2.93. The number of nitrogens with zero attached hydrogens (tertiary/aromatic N) is 1. The molecule has 1 amide bonds. The van der Waals surface area contributed by atoms with Gasteiger partial charge < -0.3 is 15.3 Å². The van der Waals surface area contributed by atoms with Gasteiger partial charge in [-0.3, -0.25) is 9.59 Å². The number of carboxylic acids is 1. The zero-order chi connectivity index (χ0) is 12.5. The molecule has 2 N–H and O–H groups in total. The third-order valence-corrected chi connectivity index (χ3v) is 3.35. The Morgan fingerprint density at radius 2 is 1.94 bits per heavy atom. The molecule has 5 heteroatoms. The van der Waals surface area contributed by atoms with Crippen molar-refractivity contribution in [1.82, 2.24) is 10.2 Å². The molecule has 0 radical (unpaired) electrons. The van der Waals surface area contributed by atoms with E-state index in [2.05, 4.69) is 5.32 Å². The van der Waals surface area contributed by atoms with Crippen molar-refractivity contribution in [2.45, 2.75) is 25.8 Å². The van der Waals surface area contributed by atoms with Gasteiger partial charge in [0.2, 0.25) is 5.91 Å². The molecule has 92 valence electrons. The summed E-state index contributed by atoms with van der Waals surface area (Å²) in [6.07, 6.45) is 0.476. The summed E-state index contributed by atoms with van der Waals surface area (Å²) in [4.78, 5) is 24.2. The molecule has 0 bridgehead atoms. The summed E-state index contributed by atoms with van der Waals surface area (Å²) in [6.45, 7) is 4.57. The first-order valence-corrected chi connectivity index (χ1v) is 5.43. The van der Waals surface area contributed by atoms with Crippen LogP contribution in [0.15, 0.2) is 0 Å². The summed E-state index contributed by atoms with van der Waals surface area (Å²) in [5, 5.41) is 11.5. The van der Waals surface area contributed by atoms with Crippen LogP contribution >= 0.6 is 0 Å². The van der Waals surface area contributed by atoms with Crippen LogP contribution in [0.1, 0.15) is 20.3 Å². The zero-order valence-electron chi connectivity index (χ0n) is 10.3. The molecule has 0 spiro atoms. The third-order valence-electron chi connectivity index (χ3n) is 3.35. The van der Waals surface area contributed by atoms with Crippen LogP contribution < -0.4 is 5.32 Å². The van der Waals surface area contributed by atoms with E-state index in [1.54, 1.807) is 0 Å². The number of aliphatic carboxylic acids is 1. The van der Waals surface area contributed by atoms with Gasteiger partial charge in [0.1, 0.15) is 0 Å². The summed E-state index contributed by atoms with van der Waals surface area (Å²) >= 11 is 0. The van der Waals surface area contributed by atoms with Crippen LogP contribution in [0.5, 0.6) is 0 Å². The van der Waals surface area contributed by atoms with Crippen molar-refractivity contribution in [2.24, 2.45) is 11.8 Å². The minimum Gasteiger partial charge on any atom is -0.481 e. The second-order valence-corrected chi connectivity index (χ2v) is 5.21. The van der Waals surface area contributed by atoms with E-state index >= 15 is 0 Å². The molecule has 5 nitrogen and oxygen atoms in total. The molecule has 0 aromatic rings. The number of hydrogen-bond acceptors (Lipinski definition) is 3. The number of carboxylic acid groups (broad SMARTS) is 1. The summed E-state index contributed by atoms with van der Waals surface area (Å²) in [5.41, 5.74) is -0.122. The van der Waals surface area contributed by atoms with Crippen molar-refractivity contribution in [1.29, 1.82) is 0 Å². The number of amides is 1. The van der Waals surface area contributed by atoms with Crippen LogP contribution in [-0.2, 0) is 9.59 Å². The fraction of sp³-hybridized carbons (Fsp3) is 0.818. The van der Waals surface area contributed by atoms with Crippen molar-refractivity contribution in [2.75, 3.05) is 20.6 Å². The van der Waals surface area contributed by atoms with Gasteiger partial charge in [-0.15, -0.1) is 0 Å². The average molecular weight is 228 g/mol. The highest BCUT2D eigenvalue weighted by atomic mass is 16.4. The van der Waals surface area contributed by atoms with Crippen molar-refractivity contribution in [3.8, 4) is 0 Å². The second-order valence-electron chi connectivity index (χ2n) is 5.21. The molecule has 0 saturated heterocycles. The van der Waals surface area contributed by atoms with Gasteiger partial charge in [-0.05, 0) is 34.4 Å². The van der Waals surface area contributed by atoms with Gasteiger partial charge in [0, 0.05) is 12.1 Å². The second kappa shape index (κ2) is 4.41. The molecule has 2 atom stereocenters. The lowest BCUT2D eigenvalue weighted by molar-refractivity contribution is -0.140. The molecule has 1 fully saturated rings. The van der Waals surface area contributed by atoms with Gasteiger partial charge in [-0.25, -0.2) is 0 Å². The number of rotatable bonds is 5. The van der Waals surface area contributed by atoms with Gasteiger partial charge >= 0.3 is 5.97 Å². The monoisotopic (exact) mass is 228 g/mol. The molecule has 1 rings (SSSR count). The van der Waals surface area contributed by atoms with Crippen LogP contribution in [0.2, 0.25) is 0 Å². The van der Waals surface area contributed by atoms with E-state index in [4.69, 9.17) is 5.11 Å².